The van der Waals surface area contributed by atoms with E-state index in [1.807, 2.05) is 49.4 Å². The quantitative estimate of drug-likeness (QED) is 0.782. The largest absolute Gasteiger partial charge is 0.493 e. The zero-order chi connectivity index (χ0) is 17.4. The molecule has 0 aliphatic rings. The second kappa shape index (κ2) is 8.93. The molecule has 0 unspecified atom stereocenters. The van der Waals surface area contributed by atoms with E-state index in [9.17, 15) is 4.79 Å². The third-order valence-corrected chi connectivity index (χ3v) is 3.63. The molecule has 0 aliphatic heterocycles. The van der Waals surface area contributed by atoms with Crippen LogP contribution < -0.4 is 20.1 Å². The van der Waals surface area contributed by atoms with Gasteiger partial charge in [0.2, 0.25) is 0 Å². The van der Waals surface area contributed by atoms with E-state index < -0.39 is 0 Å². The Bertz CT molecular complexity index is 669. The molecule has 2 N–H and O–H groups in total. The van der Waals surface area contributed by atoms with E-state index in [0.29, 0.717) is 12.2 Å². The normalized spacial score (nSPS) is 10.3. The number of methoxy groups -OCH3 is 1. The molecule has 0 aliphatic carbocycles. The third-order valence-electron chi connectivity index (χ3n) is 3.63. The highest BCUT2D eigenvalue weighted by Crippen LogP contribution is 2.27. The molecular weight excluding hydrogens is 304 g/mol. The average molecular weight is 328 g/mol. The molecule has 0 aromatic heterocycles. The Labute approximate surface area is 143 Å². The van der Waals surface area contributed by atoms with Crippen molar-refractivity contribution in [1.29, 1.82) is 0 Å². The molecule has 5 nitrogen and oxygen atoms in total. The maximum absolute atomic E-state index is 11.5. The number of hydrogen-bond acceptors (Lipinski definition) is 4. The molecule has 0 bridgehead atoms. The number of nitrogens with one attached hydrogen (secondary N) is 2. The Kier molecular flexibility index (Phi) is 6.63. The van der Waals surface area contributed by atoms with Gasteiger partial charge in [-0.1, -0.05) is 18.2 Å². The van der Waals surface area contributed by atoms with E-state index in [1.54, 1.807) is 14.2 Å². The average Bonchev–Trinajstić information content (AvgIpc) is 2.62. The molecule has 0 saturated heterocycles. The lowest BCUT2D eigenvalue weighted by atomic mass is 10.1. The minimum atomic E-state index is -0.0730. The first-order valence-corrected chi connectivity index (χ1v) is 7.99. The molecule has 5 heteroatoms. The Morgan fingerprint density at radius 3 is 2.29 bits per heavy atom. The summed E-state index contributed by atoms with van der Waals surface area (Å²) < 4.78 is 10.9. The maximum Gasteiger partial charge on any atom is 0.251 e. The summed E-state index contributed by atoms with van der Waals surface area (Å²) in [5, 5.41) is 6.00. The fraction of sp³-hybridized carbons (Fsp3) is 0.316. The van der Waals surface area contributed by atoms with Crippen molar-refractivity contribution in [3.05, 3.63) is 59.2 Å². The number of benzene rings is 2. The first-order chi connectivity index (χ1) is 11.7. The van der Waals surface area contributed by atoms with Crippen LogP contribution in [-0.2, 0) is 13.1 Å². The molecule has 1 amide bonds. The molecule has 24 heavy (non-hydrogen) atoms. The van der Waals surface area contributed by atoms with Crippen LogP contribution in [0.5, 0.6) is 11.5 Å². The summed E-state index contributed by atoms with van der Waals surface area (Å²) in [4.78, 5) is 11.5. The van der Waals surface area contributed by atoms with Crippen molar-refractivity contribution in [1.82, 2.24) is 10.6 Å². The van der Waals surface area contributed by atoms with Crippen LogP contribution in [0.15, 0.2) is 42.5 Å². The summed E-state index contributed by atoms with van der Waals surface area (Å²) in [6.07, 6.45) is 0. The number of amides is 1. The van der Waals surface area contributed by atoms with Gasteiger partial charge in [0, 0.05) is 25.7 Å². The smallest absolute Gasteiger partial charge is 0.251 e. The SMILES string of the molecule is CCOc1cc(CNCc2ccc(C(=O)NC)cc2)ccc1OC. The summed E-state index contributed by atoms with van der Waals surface area (Å²) in [6.45, 7) is 4.00. The Morgan fingerprint density at radius 1 is 1.00 bits per heavy atom. The van der Waals surface area contributed by atoms with Gasteiger partial charge in [-0.3, -0.25) is 4.79 Å². The second-order valence-electron chi connectivity index (χ2n) is 5.30. The highest BCUT2D eigenvalue weighted by molar-refractivity contribution is 5.93. The van der Waals surface area contributed by atoms with Gasteiger partial charge < -0.3 is 20.1 Å². The highest BCUT2D eigenvalue weighted by Gasteiger charge is 2.06. The van der Waals surface area contributed by atoms with Gasteiger partial charge in [-0.05, 0) is 42.3 Å². The molecule has 2 rings (SSSR count). The lowest BCUT2D eigenvalue weighted by Gasteiger charge is -2.12. The van der Waals surface area contributed by atoms with Gasteiger partial charge >= 0.3 is 0 Å². The molecule has 0 saturated carbocycles. The van der Waals surface area contributed by atoms with Crippen LogP contribution >= 0.6 is 0 Å². The van der Waals surface area contributed by atoms with Crippen LogP contribution in [0.3, 0.4) is 0 Å². The van der Waals surface area contributed by atoms with Crippen molar-refractivity contribution >= 4 is 5.91 Å². The predicted octanol–water partition coefficient (Wildman–Crippen LogP) is 2.74. The Morgan fingerprint density at radius 2 is 1.67 bits per heavy atom. The molecule has 0 spiro atoms. The standard InChI is InChI=1S/C19H24N2O3/c1-4-24-18-11-15(7-10-17(18)23-3)13-21-12-14-5-8-16(9-6-14)19(22)20-2/h5-11,21H,4,12-13H2,1-3H3,(H,20,22). The van der Waals surface area contributed by atoms with Crippen LogP contribution in [0.2, 0.25) is 0 Å². The Hall–Kier alpha value is -2.53. The number of rotatable bonds is 8. The van der Waals surface area contributed by atoms with E-state index in [1.165, 1.54) is 0 Å². The minimum absolute atomic E-state index is 0.0730. The molecular formula is C19H24N2O3. The zero-order valence-corrected chi connectivity index (χ0v) is 14.4. The van der Waals surface area contributed by atoms with Crippen LogP contribution in [0.1, 0.15) is 28.4 Å². The fourth-order valence-electron chi connectivity index (χ4n) is 2.37. The monoisotopic (exact) mass is 328 g/mol. The van der Waals surface area contributed by atoms with Crippen LogP contribution in [0, 0.1) is 0 Å². The minimum Gasteiger partial charge on any atom is -0.493 e. The summed E-state index contributed by atoms with van der Waals surface area (Å²) in [5.41, 5.74) is 2.92. The van der Waals surface area contributed by atoms with E-state index in [2.05, 4.69) is 10.6 Å². The Balaban J connectivity index is 1.92. The van der Waals surface area contributed by atoms with E-state index in [-0.39, 0.29) is 5.91 Å². The van der Waals surface area contributed by atoms with Crippen LogP contribution in [-0.4, -0.2) is 26.7 Å². The third kappa shape index (κ3) is 4.73. The second-order valence-corrected chi connectivity index (χ2v) is 5.30. The van der Waals surface area contributed by atoms with Crippen LogP contribution in [0.4, 0.5) is 0 Å². The zero-order valence-electron chi connectivity index (χ0n) is 14.4. The van der Waals surface area contributed by atoms with Crippen molar-refractivity contribution in [2.24, 2.45) is 0 Å². The summed E-state index contributed by atoms with van der Waals surface area (Å²) in [6, 6.07) is 13.5. The molecule has 128 valence electrons. The summed E-state index contributed by atoms with van der Waals surface area (Å²) in [5.74, 6) is 1.43. The van der Waals surface area contributed by atoms with Crippen molar-refractivity contribution < 1.29 is 14.3 Å². The number of hydrogen-bond donors (Lipinski definition) is 2. The van der Waals surface area contributed by atoms with E-state index in [0.717, 1.165) is 35.7 Å². The first kappa shape index (κ1) is 17.8. The van der Waals surface area contributed by atoms with Crippen LogP contribution in [0.25, 0.3) is 0 Å². The highest BCUT2D eigenvalue weighted by atomic mass is 16.5. The molecule has 2 aromatic rings. The van der Waals surface area contributed by atoms with Crippen molar-refractivity contribution in [2.75, 3.05) is 20.8 Å². The fourth-order valence-corrected chi connectivity index (χ4v) is 2.37. The lowest BCUT2D eigenvalue weighted by Crippen LogP contribution is -2.18. The van der Waals surface area contributed by atoms with E-state index in [4.69, 9.17) is 9.47 Å². The van der Waals surface area contributed by atoms with Gasteiger partial charge in [-0.15, -0.1) is 0 Å². The topological polar surface area (TPSA) is 59.6 Å². The molecule has 0 atom stereocenters. The summed E-state index contributed by atoms with van der Waals surface area (Å²) >= 11 is 0. The number of ether oxygens (including phenoxy) is 2. The lowest BCUT2D eigenvalue weighted by molar-refractivity contribution is 0.0963. The van der Waals surface area contributed by atoms with Gasteiger partial charge in [-0.2, -0.15) is 0 Å². The molecule has 0 radical (unpaired) electrons. The van der Waals surface area contributed by atoms with Crippen molar-refractivity contribution in [3.8, 4) is 11.5 Å². The van der Waals surface area contributed by atoms with Gasteiger partial charge in [0.05, 0.1) is 13.7 Å². The molecule has 0 fully saturated rings. The van der Waals surface area contributed by atoms with Gasteiger partial charge in [0.25, 0.3) is 5.91 Å². The van der Waals surface area contributed by atoms with Crippen molar-refractivity contribution in [2.45, 2.75) is 20.0 Å². The summed E-state index contributed by atoms with van der Waals surface area (Å²) in [7, 11) is 3.27. The number of carbonyl (C=O) groups is 1. The van der Waals surface area contributed by atoms with Gasteiger partial charge in [0.1, 0.15) is 0 Å². The predicted molar refractivity (Wildman–Crippen MR) is 94.5 cm³/mol. The molecule has 2 aromatic carbocycles. The van der Waals surface area contributed by atoms with Gasteiger partial charge in [-0.25, -0.2) is 0 Å². The van der Waals surface area contributed by atoms with Crippen molar-refractivity contribution in [3.63, 3.8) is 0 Å². The maximum atomic E-state index is 11.5. The number of carbonyl (C=O) groups excluding carboxylic acids is 1. The molecule has 0 heterocycles. The van der Waals surface area contributed by atoms with E-state index >= 15 is 0 Å². The first-order valence-electron chi connectivity index (χ1n) is 7.99. The van der Waals surface area contributed by atoms with Gasteiger partial charge in [0.15, 0.2) is 11.5 Å².